The Morgan fingerprint density at radius 2 is 1.62 bits per heavy atom. The Morgan fingerprint density at radius 3 is 2.19 bits per heavy atom. The Bertz CT molecular complexity index is 778. The van der Waals surface area contributed by atoms with Gasteiger partial charge in [-0.15, -0.1) is 0 Å². The van der Waals surface area contributed by atoms with Gasteiger partial charge in [-0.1, -0.05) is 29.3 Å². The summed E-state index contributed by atoms with van der Waals surface area (Å²) in [5, 5.41) is 10.1. The third kappa shape index (κ3) is 3.31. The average molecular weight is 326 g/mol. The van der Waals surface area contributed by atoms with Crippen LogP contribution in [0, 0.1) is 20.8 Å². The summed E-state index contributed by atoms with van der Waals surface area (Å²) in [5.41, 5.74) is 2.36. The van der Waals surface area contributed by atoms with Crippen molar-refractivity contribution in [1.82, 2.24) is 0 Å². The first kappa shape index (κ1) is 15.7. The number of phenolic OH excluding ortho intramolecular Hbond substituents is 1. The molecule has 0 aliphatic heterocycles. The molecule has 112 valence electrons. The van der Waals surface area contributed by atoms with Gasteiger partial charge >= 0.3 is 0 Å². The van der Waals surface area contributed by atoms with Crippen LogP contribution in [-0.2, 0) is 10.0 Å². The lowest BCUT2D eigenvalue weighted by Gasteiger charge is -2.14. The number of aromatic hydroxyl groups is 1. The van der Waals surface area contributed by atoms with E-state index >= 15 is 0 Å². The molecular weight excluding hydrogens is 310 g/mol. The molecule has 2 rings (SSSR count). The SMILES string of the molecule is Cc1cc(C)c(S(=O)(=O)Nc2cc(Cl)ccc2O)c(C)c1. The number of hydrogen-bond acceptors (Lipinski definition) is 3. The van der Waals surface area contributed by atoms with Crippen LogP contribution in [0.2, 0.25) is 5.02 Å². The summed E-state index contributed by atoms with van der Waals surface area (Å²) in [6.45, 7) is 5.39. The van der Waals surface area contributed by atoms with Crippen LogP contribution in [0.3, 0.4) is 0 Å². The Labute approximate surface area is 129 Å². The molecule has 0 unspecified atom stereocenters. The van der Waals surface area contributed by atoms with Crippen LogP contribution in [0.5, 0.6) is 5.75 Å². The Morgan fingerprint density at radius 1 is 1.05 bits per heavy atom. The number of rotatable bonds is 3. The summed E-state index contributed by atoms with van der Waals surface area (Å²) in [6.07, 6.45) is 0. The molecule has 0 saturated carbocycles. The summed E-state index contributed by atoms with van der Waals surface area (Å²) >= 11 is 5.83. The fourth-order valence-electron chi connectivity index (χ4n) is 2.38. The third-order valence-corrected chi connectivity index (χ3v) is 4.98. The zero-order valence-electron chi connectivity index (χ0n) is 11.9. The third-order valence-electron chi connectivity index (χ3n) is 3.08. The first-order chi connectivity index (χ1) is 9.70. The lowest BCUT2D eigenvalue weighted by molar-refractivity contribution is 0.477. The van der Waals surface area contributed by atoms with E-state index in [4.69, 9.17) is 11.6 Å². The fraction of sp³-hybridized carbons (Fsp3) is 0.200. The highest BCUT2D eigenvalue weighted by Gasteiger charge is 2.21. The van der Waals surface area contributed by atoms with Gasteiger partial charge in [0.05, 0.1) is 10.6 Å². The number of anilines is 1. The van der Waals surface area contributed by atoms with Crippen molar-refractivity contribution in [1.29, 1.82) is 0 Å². The van der Waals surface area contributed by atoms with Crippen molar-refractivity contribution in [2.24, 2.45) is 0 Å². The van der Waals surface area contributed by atoms with Crippen molar-refractivity contribution in [3.8, 4) is 5.75 Å². The topological polar surface area (TPSA) is 66.4 Å². The highest BCUT2D eigenvalue weighted by molar-refractivity contribution is 7.92. The molecule has 6 heteroatoms. The summed E-state index contributed by atoms with van der Waals surface area (Å²) in [7, 11) is -3.80. The van der Waals surface area contributed by atoms with Crippen molar-refractivity contribution in [3.05, 3.63) is 52.0 Å². The van der Waals surface area contributed by atoms with Crippen LogP contribution < -0.4 is 4.72 Å². The van der Waals surface area contributed by atoms with E-state index in [1.165, 1.54) is 18.2 Å². The molecule has 0 heterocycles. The van der Waals surface area contributed by atoms with E-state index in [9.17, 15) is 13.5 Å². The van der Waals surface area contributed by atoms with Gasteiger partial charge in [-0.25, -0.2) is 8.42 Å². The first-order valence-corrected chi connectivity index (χ1v) is 8.16. The number of sulfonamides is 1. The van der Waals surface area contributed by atoms with Gasteiger partial charge in [-0.2, -0.15) is 0 Å². The number of halogens is 1. The fourth-order valence-corrected chi connectivity index (χ4v) is 4.07. The van der Waals surface area contributed by atoms with Gasteiger partial charge in [0.25, 0.3) is 10.0 Å². The molecule has 0 aliphatic rings. The zero-order chi connectivity index (χ0) is 15.8. The molecule has 0 aromatic heterocycles. The lowest BCUT2D eigenvalue weighted by atomic mass is 10.1. The van der Waals surface area contributed by atoms with Gasteiger partial charge < -0.3 is 5.11 Å². The van der Waals surface area contributed by atoms with Crippen LogP contribution in [0.1, 0.15) is 16.7 Å². The predicted octanol–water partition coefficient (Wildman–Crippen LogP) is 3.77. The minimum Gasteiger partial charge on any atom is -0.506 e. The molecule has 4 nitrogen and oxygen atoms in total. The molecule has 2 aromatic carbocycles. The molecule has 0 fully saturated rings. The van der Waals surface area contributed by atoms with Gasteiger partial charge in [0.15, 0.2) is 0 Å². The Hall–Kier alpha value is -1.72. The van der Waals surface area contributed by atoms with Crippen molar-refractivity contribution >= 4 is 27.3 Å². The van der Waals surface area contributed by atoms with Crippen LogP contribution in [0.4, 0.5) is 5.69 Å². The number of aryl methyl sites for hydroxylation is 3. The van der Waals surface area contributed by atoms with E-state index in [1.54, 1.807) is 26.0 Å². The molecule has 0 spiro atoms. The summed E-state index contributed by atoms with van der Waals surface area (Å²) < 4.78 is 27.5. The minimum absolute atomic E-state index is 0.0573. The summed E-state index contributed by atoms with van der Waals surface area (Å²) in [6, 6.07) is 7.80. The number of benzene rings is 2. The monoisotopic (exact) mass is 325 g/mol. The van der Waals surface area contributed by atoms with Gasteiger partial charge in [-0.3, -0.25) is 4.72 Å². The molecule has 2 N–H and O–H groups in total. The molecular formula is C15H16ClNO3S. The maximum Gasteiger partial charge on any atom is 0.262 e. The maximum atomic E-state index is 12.6. The molecule has 0 radical (unpaired) electrons. The van der Waals surface area contributed by atoms with E-state index in [0.29, 0.717) is 16.1 Å². The summed E-state index contributed by atoms with van der Waals surface area (Å²) in [4.78, 5) is 0.215. The van der Waals surface area contributed by atoms with E-state index in [-0.39, 0.29) is 16.3 Å². The van der Waals surface area contributed by atoms with Crippen LogP contribution in [0.15, 0.2) is 35.2 Å². The molecule has 21 heavy (non-hydrogen) atoms. The average Bonchev–Trinajstić information content (AvgIpc) is 2.31. The predicted molar refractivity (Wildman–Crippen MR) is 84.6 cm³/mol. The molecule has 0 bridgehead atoms. The van der Waals surface area contributed by atoms with Crippen LogP contribution >= 0.6 is 11.6 Å². The smallest absolute Gasteiger partial charge is 0.262 e. The van der Waals surface area contributed by atoms with E-state index in [2.05, 4.69) is 4.72 Å². The van der Waals surface area contributed by atoms with Crippen molar-refractivity contribution in [2.75, 3.05) is 4.72 Å². The van der Waals surface area contributed by atoms with Crippen LogP contribution in [-0.4, -0.2) is 13.5 Å². The molecule has 2 aromatic rings. The molecule has 0 aliphatic carbocycles. The van der Waals surface area contributed by atoms with E-state index in [0.717, 1.165) is 5.56 Å². The largest absolute Gasteiger partial charge is 0.506 e. The molecule has 0 atom stereocenters. The second-order valence-electron chi connectivity index (χ2n) is 4.99. The van der Waals surface area contributed by atoms with Gasteiger partial charge in [-0.05, 0) is 50.1 Å². The normalized spacial score (nSPS) is 11.4. The maximum absolute atomic E-state index is 12.6. The van der Waals surface area contributed by atoms with Gasteiger partial charge in [0.1, 0.15) is 5.75 Å². The highest BCUT2D eigenvalue weighted by atomic mass is 35.5. The molecule has 0 amide bonds. The zero-order valence-corrected chi connectivity index (χ0v) is 13.5. The Kier molecular flexibility index (Phi) is 4.16. The second kappa shape index (κ2) is 5.58. The number of hydrogen-bond donors (Lipinski definition) is 2. The number of phenols is 1. The summed E-state index contributed by atoms with van der Waals surface area (Å²) in [5.74, 6) is -0.176. The quantitative estimate of drug-likeness (QED) is 0.844. The lowest BCUT2D eigenvalue weighted by Crippen LogP contribution is -2.16. The molecule has 0 saturated heterocycles. The van der Waals surface area contributed by atoms with Gasteiger partial charge in [0, 0.05) is 5.02 Å². The van der Waals surface area contributed by atoms with Crippen LogP contribution in [0.25, 0.3) is 0 Å². The highest BCUT2D eigenvalue weighted by Crippen LogP contribution is 2.30. The van der Waals surface area contributed by atoms with Crippen molar-refractivity contribution in [2.45, 2.75) is 25.7 Å². The van der Waals surface area contributed by atoms with E-state index < -0.39 is 10.0 Å². The van der Waals surface area contributed by atoms with Crippen molar-refractivity contribution < 1.29 is 13.5 Å². The standard InChI is InChI=1S/C15H16ClNO3S/c1-9-6-10(2)15(11(3)7-9)21(19,20)17-13-8-12(16)4-5-14(13)18/h4-8,17-18H,1-3H3. The van der Waals surface area contributed by atoms with E-state index in [1.807, 2.05) is 6.92 Å². The second-order valence-corrected chi connectivity index (χ2v) is 7.05. The first-order valence-electron chi connectivity index (χ1n) is 6.30. The van der Waals surface area contributed by atoms with Crippen molar-refractivity contribution in [3.63, 3.8) is 0 Å². The number of nitrogens with one attached hydrogen (secondary N) is 1. The Balaban J connectivity index is 2.51. The van der Waals surface area contributed by atoms with Gasteiger partial charge in [0.2, 0.25) is 0 Å². The minimum atomic E-state index is -3.80.